The summed E-state index contributed by atoms with van der Waals surface area (Å²) in [5.74, 6) is 0. The van der Waals surface area contributed by atoms with Crippen LogP contribution in [-0.2, 0) is 0 Å². The van der Waals surface area contributed by atoms with Crippen LogP contribution in [0.2, 0.25) is 0 Å². The summed E-state index contributed by atoms with van der Waals surface area (Å²) < 4.78 is 2.22. The highest BCUT2D eigenvalue weighted by atomic mass is 32.2. The first kappa shape index (κ1) is 11.4. The van der Waals surface area contributed by atoms with E-state index in [-0.39, 0.29) is 0 Å². The molecule has 0 bridgehead atoms. The largest absolute Gasteiger partial charge is 0.298 e. The molecule has 18 heavy (non-hydrogen) atoms. The molecule has 0 spiro atoms. The molecule has 0 radical (unpaired) electrons. The molecule has 0 fully saturated rings. The number of rotatable bonds is 3. The van der Waals surface area contributed by atoms with E-state index >= 15 is 0 Å². The molecule has 0 atom stereocenters. The van der Waals surface area contributed by atoms with Gasteiger partial charge in [-0.05, 0) is 24.3 Å². The Labute approximate surface area is 113 Å². The number of benzene rings is 2. The van der Waals surface area contributed by atoms with Crippen LogP contribution in [0.3, 0.4) is 0 Å². The molecule has 0 amide bonds. The molecule has 2 nitrogen and oxygen atoms in total. The van der Waals surface area contributed by atoms with Gasteiger partial charge in [0.1, 0.15) is 6.29 Å². The van der Waals surface area contributed by atoms with Crippen molar-refractivity contribution in [1.29, 1.82) is 0 Å². The Morgan fingerprint density at radius 2 is 1.83 bits per heavy atom. The van der Waals surface area contributed by atoms with Crippen molar-refractivity contribution in [1.82, 2.24) is 4.98 Å². The van der Waals surface area contributed by atoms with E-state index in [0.717, 1.165) is 21.0 Å². The number of para-hydroxylation sites is 1. The van der Waals surface area contributed by atoms with E-state index in [0.29, 0.717) is 5.56 Å². The molecule has 0 saturated carbocycles. The summed E-state index contributed by atoms with van der Waals surface area (Å²) in [6.45, 7) is 0. The monoisotopic (exact) mass is 271 g/mol. The molecule has 0 unspecified atom stereocenters. The molecule has 4 heteroatoms. The van der Waals surface area contributed by atoms with Crippen LogP contribution in [-0.4, -0.2) is 11.3 Å². The summed E-state index contributed by atoms with van der Waals surface area (Å²) in [5, 5.41) is 0. The number of aromatic nitrogens is 1. The summed E-state index contributed by atoms with van der Waals surface area (Å²) in [6.07, 6.45) is 0.853. The lowest BCUT2D eigenvalue weighted by atomic mass is 10.2. The third kappa shape index (κ3) is 2.30. The molecule has 0 aliphatic rings. The molecule has 3 rings (SSSR count). The second kappa shape index (κ2) is 4.92. The second-order valence-electron chi connectivity index (χ2n) is 3.74. The van der Waals surface area contributed by atoms with Gasteiger partial charge < -0.3 is 0 Å². The molecule has 0 aliphatic carbocycles. The lowest BCUT2D eigenvalue weighted by molar-refractivity contribution is 0.112. The zero-order valence-corrected chi connectivity index (χ0v) is 11.0. The van der Waals surface area contributed by atoms with E-state index in [2.05, 4.69) is 11.1 Å². The molecule has 1 heterocycles. The molecule has 0 saturated heterocycles. The fourth-order valence-corrected chi connectivity index (χ4v) is 3.65. The number of aldehydes is 1. The highest BCUT2D eigenvalue weighted by Crippen LogP contribution is 2.34. The van der Waals surface area contributed by atoms with E-state index in [9.17, 15) is 4.79 Å². The highest BCUT2D eigenvalue weighted by Gasteiger charge is 2.04. The van der Waals surface area contributed by atoms with Gasteiger partial charge in [-0.1, -0.05) is 36.0 Å². The predicted molar refractivity (Wildman–Crippen MR) is 75.6 cm³/mol. The van der Waals surface area contributed by atoms with Crippen molar-refractivity contribution in [3.05, 3.63) is 54.1 Å². The number of carbonyl (C=O) groups excluding carboxylic acids is 1. The van der Waals surface area contributed by atoms with E-state index in [1.807, 2.05) is 42.5 Å². The van der Waals surface area contributed by atoms with Crippen LogP contribution in [0, 0.1) is 0 Å². The van der Waals surface area contributed by atoms with Crippen molar-refractivity contribution < 1.29 is 4.79 Å². The second-order valence-corrected chi connectivity index (χ2v) is 6.09. The van der Waals surface area contributed by atoms with Gasteiger partial charge in [0.05, 0.1) is 10.2 Å². The lowest BCUT2D eigenvalue weighted by Gasteiger charge is -1.96. The van der Waals surface area contributed by atoms with Crippen molar-refractivity contribution in [2.45, 2.75) is 9.24 Å². The van der Waals surface area contributed by atoms with Crippen LogP contribution >= 0.6 is 23.1 Å². The molecule has 2 aromatic carbocycles. The average Bonchev–Trinajstić information content (AvgIpc) is 2.82. The van der Waals surface area contributed by atoms with Crippen molar-refractivity contribution >= 4 is 39.6 Å². The third-order valence-electron chi connectivity index (χ3n) is 2.50. The summed E-state index contributed by atoms with van der Waals surface area (Å²) in [5.41, 5.74) is 1.73. The molecule has 1 aromatic heterocycles. The fraction of sp³-hybridized carbons (Fsp3) is 0. The average molecular weight is 271 g/mol. The zero-order valence-electron chi connectivity index (χ0n) is 9.37. The molecule has 0 N–H and O–H groups in total. The standard InChI is InChI=1S/C14H9NOS2/c16-9-10-5-7-11(8-6-10)17-14-15-12-3-1-2-4-13(12)18-14/h1-9H. The van der Waals surface area contributed by atoms with Crippen molar-refractivity contribution in [3.8, 4) is 0 Å². The SMILES string of the molecule is O=Cc1ccc(Sc2nc3ccccc3s2)cc1. The van der Waals surface area contributed by atoms with Crippen LogP contribution in [0.4, 0.5) is 0 Å². The summed E-state index contributed by atoms with van der Waals surface area (Å²) >= 11 is 3.31. The van der Waals surface area contributed by atoms with Gasteiger partial charge in [0, 0.05) is 10.5 Å². The lowest BCUT2D eigenvalue weighted by Crippen LogP contribution is -1.78. The molecule has 0 aliphatic heterocycles. The Hall–Kier alpha value is -1.65. The smallest absolute Gasteiger partial charge is 0.155 e. The maximum Gasteiger partial charge on any atom is 0.155 e. The van der Waals surface area contributed by atoms with Gasteiger partial charge in [0.15, 0.2) is 4.34 Å². The van der Waals surface area contributed by atoms with Gasteiger partial charge in [-0.25, -0.2) is 4.98 Å². The Bertz CT molecular complexity index is 655. The highest BCUT2D eigenvalue weighted by molar-refractivity contribution is 8.01. The zero-order chi connectivity index (χ0) is 12.4. The van der Waals surface area contributed by atoms with Crippen LogP contribution in [0.5, 0.6) is 0 Å². The Morgan fingerprint density at radius 1 is 1.06 bits per heavy atom. The first-order chi connectivity index (χ1) is 8.85. The van der Waals surface area contributed by atoms with Gasteiger partial charge in [0.2, 0.25) is 0 Å². The summed E-state index contributed by atoms with van der Waals surface area (Å²) in [7, 11) is 0. The first-order valence-corrected chi connectivity index (χ1v) is 7.07. The minimum atomic E-state index is 0.698. The number of fused-ring (bicyclic) bond motifs is 1. The Balaban J connectivity index is 1.88. The number of carbonyl (C=O) groups is 1. The minimum absolute atomic E-state index is 0.698. The molecular formula is C14H9NOS2. The van der Waals surface area contributed by atoms with Crippen LogP contribution in [0.1, 0.15) is 10.4 Å². The van der Waals surface area contributed by atoms with Gasteiger partial charge in [-0.3, -0.25) is 4.79 Å². The van der Waals surface area contributed by atoms with Crippen molar-refractivity contribution in [2.75, 3.05) is 0 Å². The number of thiazole rings is 1. The first-order valence-electron chi connectivity index (χ1n) is 5.44. The van der Waals surface area contributed by atoms with Crippen molar-refractivity contribution in [3.63, 3.8) is 0 Å². The number of nitrogens with zero attached hydrogens (tertiary/aromatic N) is 1. The van der Waals surface area contributed by atoms with E-state index in [4.69, 9.17) is 0 Å². The minimum Gasteiger partial charge on any atom is -0.298 e. The maximum absolute atomic E-state index is 10.6. The van der Waals surface area contributed by atoms with E-state index < -0.39 is 0 Å². The quantitative estimate of drug-likeness (QED) is 0.667. The van der Waals surface area contributed by atoms with Crippen molar-refractivity contribution in [2.24, 2.45) is 0 Å². The van der Waals surface area contributed by atoms with Gasteiger partial charge in [-0.15, -0.1) is 11.3 Å². The van der Waals surface area contributed by atoms with Crippen LogP contribution in [0.15, 0.2) is 57.8 Å². The Kier molecular flexibility index (Phi) is 3.13. The van der Waals surface area contributed by atoms with Gasteiger partial charge in [0.25, 0.3) is 0 Å². The van der Waals surface area contributed by atoms with Gasteiger partial charge in [-0.2, -0.15) is 0 Å². The fourth-order valence-electron chi connectivity index (χ4n) is 1.61. The normalized spacial score (nSPS) is 10.7. The molecular weight excluding hydrogens is 262 g/mol. The topological polar surface area (TPSA) is 30.0 Å². The van der Waals surface area contributed by atoms with Crippen LogP contribution in [0.25, 0.3) is 10.2 Å². The Morgan fingerprint density at radius 3 is 2.56 bits per heavy atom. The number of hydrogen-bond donors (Lipinski definition) is 0. The predicted octanol–water partition coefficient (Wildman–Crippen LogP) is 4.26. The third-order valence-corrected chi connectivity index (χ3v) is 4.60. The summed E-state index contributed by atoms with van der Waals surface area (Å²) in [6, 6.07) is 15.6. The maximum atomic E-state index is 10.6. The molecule has 3 aromatic rings. The van der Waals surface area contributed by atoms with E-state index in [1.165, 1.54) is 4.70 Å². The summed E-state index contributed by atoms with van der Waals surface area (Å²) in [4.78, 5) is 16.2. The van der Waals surface area contributed by atoms with Gasteiger partial charge >= 0.3 is 0 Å². The van der Waals surface area contributed by atoms with Crippen LogP contribution < -0.4 is 0 Å². The van der Waals surface area contributed by atoms with E-state index in [1.54, 1.807) is 23.1 Å². The number of hydrogen-bond acceptors (Lipinski definition) is 4. The molecule has 88 valence electrons.